The SMILES string of the molecule is Cn1ncc2c(=O)n(-c3ccc(Br)cc3)c(-c3ccccc3F)nc21. The van der Waals surface area contributed by atoms with Gasteiger partial charge in [-0.05, 0) is 36.4 Å². The van der Waals surface area contributed by atoms with Crippen LogP contribution in [0.25, 0.3) is 28.1 Å². The summed E-state index contributed by atoms with van der Waals surface area (Å²) in [5.74, 6) is -0.205. The molecule has 5 nitrogen and oxygen atoms in total. The fourth-order valence-corrected chi connectivity index (χ4v) is 3.00. The van der Waals surface area contributed by atoms with Gasteiger partial charge in [0.05, 0.1) is 17.4 Å². The van der Waals surface area contributed by atoms with Crippen LogP contribution in [-0.4, -0.2) is 19.3 Å². The van der Waals surface area contributed by atoms with Crippen molar-refractivity contribution >= 4 is 27.0 Å². The Kier molecular flexibility index (Phi) is 3.73. The summed E-state index contributed by atoms with van der Waals surface area (Å²) in [6.45, 7) is 0. The maximum Gasteiger partial charge on any atom is 0.269 e. The monoisotopic (exact) mass is 398 g/mol. The first-order valence-electron chi connectivity index (χ1n) is 7.52. The molecule has 0 fully saturated rings. The second-order valence-electron chi connectivity index (χ2n) is 5.54. The molecule has 2 aromatic heterocycles. The number of aryl methyl sites for hydroxylation is 1. The van der Waals surface area contributed by atoms with Crippen molar-refractivity contribution < 1.29 is 4.39 Å². The number of benzene rings is 2. The van der Waals surface area contributed by atoms with Crippen LogP contribution in [0.1, 0.15) is 0 Å². The molecular weight excluding hydrogens is 387 g/mol. The van der Waals surface area contributed by atoms with E-state index in [0.717, 1.165) is 4.47 Å². The Morgan fingerprint density at radius 3 is 2.52 bits per heavy atom. The van der Waals surface area contributed by atoms with Crippen LogP contribution in [-0.2, 0) is 7.05 Å². The van der Waals surface area contributed by atoms with Crippen molar-refractivity contribution in [2.45, 2.75) is 0 Å². The first-order chi connectivity index (χ1) is 12.1. The van der Waals surface area contributed by atoms with E-state index in [2.05, 4.69) is 26.0 Å². The Bertz CT molecular complexity index is 1150. The molecule has 124 valence electrons. The fourth-order valence-electron chi connectivity index (χ4n) is 2.73. The van der Waals surface area contributed by atoms with Crippen molar-refractivity contribution in [3.8, 4) is 17.1 Å². The number of hydrogen-bond donors (Lipinski definition) is 0. The lowest BCUT2D eigenvalue weighted by atomic mass is 10.1. The van der Waals surface area contributed by atoms with E-state index >= 15 is 0 Å². The summed E-state index contributed by atoms with van der Waals surface area (Å²) < 4.78 is 18.2. The topological polar surface area (TPSA) is 52.7 Å². The summed E-state index contributed by atoms with van der Waals surface area (Å²) in [6.07, 6.45) is 1.48. The smallest absolute Gasteiger partial charge is 0.268 e. The highest BCUT2D eigenvalue weighted by molar-refractivity contribution is 9.10. The lowest BCUT2D eigenvalue weighted by Crippen LogP contribution is -2.22. The Morgan fingerprint density at radius 2 is 1.80 bits per heavy atom. The van der Waals surface area contributed by atoms with E-state index < -0.39 is 5.82 Å². The number of rotatable bonds is 2. The summed E-state index contributed by atoms with van der Waals surface area (Å²) >= 11 is 3.38. The molecule has 25 heavy (non-hydrogen) atoms. The molecule has 4 rings (SSSR count). The highest BCUT2D eigenvalue weighted by atomic mass is 79.9. The molecule has 0 saturated carbocycles. The van der Waals surface area contributed by atoms with E-state index in [-0.39, 0.29) is 16.9 Å². The van der Waals surface area contributed by atoms with Gasteiger partial charge in [0, 0.05) is 11.5 Å². The number of fused-ring (bicyclic) bond motifs is 1. The van der Waals surface area contributed by atoms with E-state index in [9.17, 15) is 9.18 Å². The second-order valence-corrected chi connectivity index (χ2v) is 6.45. The van der Waals surface area contributed by atoms with Gasteiger partial charge < -0.3 is 0 Å². The molecule has 0 radical (unpaired) electrons. The van der Waals surface area contributed by atoms with Gasteiger partial charge in [0.1, 0.15) is 11.2 Å². The van der Waals surface area contributed by atoms with Crippen molar-refractivity contribution in [1.82, 2.24) is 19.3 Å². The minimum atomic E-state index is -0.443. The molecule has 0 bridgehead atoms. The average molecular weight is 399 g/mol. The van der Waals surface area contributed by atoms with Gasteiger partial charge in [-0.15, -0.1) is 0 Å². The third-order valence-electron chi connectivity index (χ3n) is 3.96. The molecule has 0 aliphatic carbocycles. The number of hydrogen-bond acceptors (Lipinski definition) is 3. The molecule has 2 heterocycles. The first-order valence-corrected chi connectivity index (χ1v) is 8.31. The zero-order valence-electron chi connectivity index (χ0n) is 13.1. The molecule has 0 amide bonds. The zero-order chi connectivity index (χ0) is 17.6. The van der Waals surface area contributed by atoms with Gasteiger partial charge in [-0.1, -0.05) is 28.1 Å². The Hall–Kier alpha value is -2.80. The summed E-state index contributed by atoms with van der Waals surface area (Å²) in [5.41, 5.74) is 0.977. The van der Waals surface area contributed by atoms with Crippen LogP contribution < -0.4 is 5.56 Å². The predicted octanol–water partition coefficient (Wildman–Crippen LogP) is 3.69. The number of aromatic nitrogens is 4. The van der Waals surface area contributed by atoms with Gasteiger partial charge >= 0.3 is 0 Å². The summed E-state index contributed by atoms with van der Waals surface area (Å²) in [6, 6.07) is 13.5. The minimum Gasteiger partial charge on any atom is -0.268 e. The second kappa shape index (κ2) is 5.93. The largest absolute Gasteiger partial charge is 0.269 e. The van der Waals surface area contributed by atoms with E-state index in [4.69, 9.17) is 0 Å². The van der Waals surface area contributed by atoms with E-state index in [0.29, 0.717) is 16.7 Å². The van der Waals surface area contributed by atoms with Crippen LogP contribution in [0.2, 0.25) is 0 Å². The zero-order valence-corrected chi connectivity index (χ0v) is 14.7. The third-order valence-corrected chi connectivity index (χ3v) is 4.49. The maximum absolute atomic E-state index is 14.4. The molecule has 0 N–H and O–H groups in total. The first kappa shape index (κ1) is 15.7. The Morgan fingerprint density at radius 1 is 1.08 bits per heavy atom. The van der Waals surface area contributed by atoms with Gasteiger partial charge in [0.15, 0.2) is 11.5 Å². The number of nitrogens with zero attached hydrogens (tertiary/aromatic N) is 4. The minimum absolute atomic E-state index is 0.238. The lowest BCUT2D eigenvalue weighted by molar-refractivity contribution is 0.629. The van der Waals surface area contributed by atoms with Gasteiger partial charge in [-0.3, -0.25) is 14.0 Å². The van der Waals surface area contributed by atoms with Crippen molar-refractivity contribution in [3.05, 3.63) is 75.4 Å². The Balaban J connectivity index is 2.14. The highest BCUT2D eigenvalue weighted by Crippen LogP contribution is 2.25. The van der Waals surface area contributed by atoms with Crippen LogP contribution in [0.15, 0.2) is 64.0 Å². The molecular formula is C18H12BrFN4O. The van der Waals surface area contributed by atoms with Gasteiger partial charge in [0.2, 0.25) is 0 Å². The van der Waals surface area contributed by atoms with Crippen molar-refractivity contribution in [2.75, 3.05) is 0 Å². The molecule has 7 heteroatoms. The molecule has 0 saturated heterocycles. The van der Waals surface area contributed by atoms with Crippen LogP contribution in [0.4, 0.5) is 4.39 Å². The summed E-state index contributed by atoms with van der Waals surface area (Å²) in [7, 11) is 1.70. The highest BCUT2D eigenvalue weighted by Gasteiger charge is 2.18. The molecule has 0 unspecified atom stereocenters. The molecule has 0 spiro atoms. The van der Waals surface area contributed by atoms with Crippen LogP contribution in [0, 0.1) is 5.82 Å². The van der Waals surface area contributed by atoms with Crippen LogP contribution >= 0.6 is 15.9 Å². The van der Waals surface area contributed by atoms with Gasteiger partial charge in [-0.25, -0.2) is 9.37 Å². The standard InChI is InChI=1S/C18H12BrFN4O/c1-23-16-14(10-21-23)18(25)24(12-8-6-11(19)7-9-12)17(22-16)13-4-2-3-5-15(13)20/h2-10H,1H3. The van der Waals surface area contributed by atoms with Gasteiger partial charge in [0.25, 0.3) is 5.56 Å². The van der Waals surface area contributed by atoms with Crippen LogP contribution in [0.3, 0.4) is 0 Å². The lowest BCUT2D eigenvalue weighted by Gasteiger charge is -2.13. The van der Waals surface area contributed by atoms with Gasteiger partial charge in [-0.2, -0.15) is 5.10 Å². The summed E-state index contributed by atoms with van der Waals surface area (Å²) in [5, 5.41) is 4.48. The molecule has 4 aromatic rings. The quantitative estimate of drug-likeness (QED) is 0.517. The van der Waals surface area contributed by atoms with Crippen molar-refractivity contribution in [2.24, 2.45) is 7.05 Å². The van der Waals surface area contributed by atoms with E-state index in [1.165, 1.54) is 21.5 Å². The normalized spacial score (nSPS) is 11.2. The Labute approximate surface area is 150 Å². The summed E-state index contributed by atoms with van der Waals surface area (Å²) in [4.78, 5) is 17.6. The third kappa shape index (κ3) is 2.56. The van der Waals surface area contributed by atoms with Crippen LogP contribution in [0.5, 0.6) is 0 Å². The average Bonchev–Trinajstić information content (AvgIpc) is 2.98. The number of halogens is 2. The fraction of sp³-hybridized carbons (Fsp3) is 0.0556. The molecule has 0 aliphatic heterocycles. The van der Waals surface area contributed by atoms with E-state index in [1.54, 1.807) is 37.4 Å². The molecule has 2 aromatic carbocycles. The predicted molar refractivity (Wildman–Crippen MR) is 97.2 cm³/mol. The molecule has 0 aliphatic rings. The van der Waals surface area contributed by atoms with Crippen molar-refractivity contribution in [1.29, 1.82) is 0 Å². The molecule has 0 atom stereocenters. The van der Waals surface area contributed by atoms with E-state index in [1.807, 2.05) is 12.1 Å². The van der Waals surface area contributed by atoms with Crippen molar-refractivity contribution in [3.63, 3.8) is 0 Å². The maximum atomic E-state index is 14.4.